The van der Waals surface area contributed by atoms with Gasteiger partial charge in [-0.1, -0.05) is 19.8 Å². The number of carboxylic acid groups (broad SMARTS) is 1. The van der Waals surface area contributed by atoms with Crippen LogP contribution >= 0.6 is 0 Å². The van der Waals surface area contributed by atoms with Gasteiger partial charge in [-0.15, -0.1) is 0 Å². The van der Waals surface area contributed by atoms with Gasteiger partial charge in [-0.05, 0) is 37.8 Å². The Morgan fingerprint density at radius 2 is 2.21 bits per heavy atom. The molecule has 4 heteroatoms. The zero-order valence-electron chi connectivity index (χ0n) is 11.9. The highest BCUT2D eigenvalue weighted by molar-refractivity contribution is 5.66. The molecular weight excluding hydrogens is 240 g/mol. The second kappa shape index (κ2) is 8.51. The third-order valence-corrected chi connectivity index (χ3v) is 3.24. The monoisotopic (exact) mass is 264 g/mol. The van der Waals surface area contributed by atoms with Crippen LogP contribution in [0.4, 0.5) is 5.69 Å². The quantitative estimate of drug-likeness (QED) is 0.717. The molecule has 0 fully saturated rings. The van der Waals surface area contributed by atoms with Crippen molar-refractivity contribution in [2.24, 2.45) is 5.92 Å². The van der Waals surface area contributed by atoms with Gasteiger partial charge in [0.2, 0.25) is 0 Å². The van der Waals surface area contributed by atoms with Crippen molar-refractivity contribution >= 4 is 11.7 Å². The van der Waals surface area contributed by atoms with E-state index in [1.807, 2.05) is 19.1 Å². The topological polar surface area (TPSA) is 62.2 Å². The molecule has 0 aliphatic rings. The van der Waals surface area contributed by atoms with Crippen LogP contribution in [0.25, 0.3) is 0 Å². The molecule has 1 aromatic heterocycles. The fourth-order valence-corrected chi connectivity index (χ4v) is 2.25. The molecule has 0 aliphatic carbocycles. The third kappa shape index (κ3) is 6.79. The van der Waals surface area contributed by atoms with Crippen molar-refractivity contribution in [2.45, 2.75) is 46.0 Å². The lowest BCUT2D eigenvalue weighted by atomic mass is 9.94. The number of carboxylic acids is 1. The van der Waals surface area contributed by atoms with Crippen molar-refractivity contribution in [3.8, 4) is 0 Å². The van der Waals surface area contributed by atoms with Gasteiger partial charge < -0.3 is 10.4 Å². The molecule has 1 heterocycles. The van der Waals surface area contributed by atoms with E-state index in [0.717, 1.165) is 43.6 Å². The zero-order chi connectivity index (χ0) is 14.1. The van der Waals surface area contributed by atoms with Crippen molar-refractivity contribution in [1.82, 2.24) is 4.98 Å². The molecule has 1 aromatic rings. The summed E-state index contributed by atoms with van der Waals surface area (Å²) in [4.78, 5) is 14.8. The first-order valence-corrected chi connectivity index (χ1v) is 7.00. The van der Waals surface area contributed by atoms with Gasteiger partial charge in [0.1, 0.15) is 0 Å². The molecule has 2 N–H and O–H groups in total. The SMILES string of the molecule is CCCC(CCNc1ccnc(C)c1)CCC(=O)O. The van der Waals surface area contributed by atoms with Crippen LogP contribution in [0.2, 0.25) is 0 Å². The van der Waals surface area contributed by atoms with E-state index >= 15 is 0 Å². The molecule has 0 amide bonds. The Kier molecular flexibility index (Phi) is 6.93. The molecular formula is C15H24N2O2. The number of hydrogen-bond acceptors (Lipinski definition) is 3. The van der Waals surface area contributed by atoms with Gasteiger partial charge in [0, 0.05) is 30.5 Å². The van der Waals surface area contributed by atoms with Gasteiger partial charge >= 0.3 is 5.97 Å². The molecule has 0 aliphatic heterocycles. The number of hydrogen-bond donors (Lipinski definition) is 2. The summed E-state index contributed by atoms with van der Waals surface area (Å²) in [5.74, 6) is -0.199. The smallest absolute Gasteiger partial charge is 0.303 e. The molecule has 0 saturated heterocycles. The summed E-state index contributed by atoms with van der Waals surface area (Å²) in [5.41, 5.74) is 2.09. The maximum absolute atomic E-state index is 10.6. The van der Waals surface area contributed by atoms with Crippen LogP contribution in [0.1, 0.15) is 44.7 Å². The Labute approximate surface area is 115 Å². The minimum Gasteiger partial charge on any atom is -0.481 e. The standard InChI is InChI=1S/C15H24N2O2/c1-3-4-13(5-6-15(18)19)7-9-17-14-8-10-16-12(2)11-14/h8,10-11,13H,3-7,9H2,1-2H3,(H,16,17)(H,18,19). The summed E-state index contributed by atoms with van der Waals surface area (Å²) in [6.07, 6.45) is 6.08. The average molecular weight is 264 g/mol. The second-order valence-corrected chi connectivity index (χ2v) is 4.99. The van der Waals surface area contributed by atoms with E-state index in [9.17, 15) is 4.79 Å². The minimum absolute atomic E-state index is 0.277. The summed E-state index contributed by atoms with van der Waals surface area (Å²) in [6, 6.07) is 3.98. The molecule has 0 saturated carbocycles. The molecule has 1 unspecified atom stereocenters. The normalized spacial score (nSPS) is 12.1. The largest absolute Gasteiger partial charge is 0.481 e. The maximum atomic E-state index is 10.6. The van der Waals surface area contributed by atoms with Gasteiger partial charge in [-0.3, -0.25) is 9.78 Å². The lowest BCUT2D eigenvalue weighted by Crippen LogP contribution is -2.11. The van der Waals surface area contributed by atoms with Crippen LogP contribution in [0.15, 0.2) is 18.3 Å². The average Bonchev–Trinajstić information content (AvgIpc) is 2.36. The first kappa shape index (κ1) is 15.5. The van der Waals surface area contributed by atoms with Crippen molar-refractivity contribution in [3.05, 3.63) is 24.0 Å². The zero-order valence-corrected chi connectivity index (χ0v) is 11.9. The predicted octanol–water partition coefficient (Wildman–Crippen LogP) is 3.47. The summed E-state index contributed by atoms with van der Waals surface area (Å²) in [7, 11) is 0. The molecule has 1 rings (SSSR count). The summed E-state index contributed by atoms with van der Waals surface area (Å²) in [6.45, 7) is 5.00. The molecule has 4 nitrogen and oxygen atoms in total. The van der Waals surface area contributed by atoms with Crippen molar-refractivity contribution in [1.29, 1.82) is 0 Å². The Bertz CT molecular complexity index is 393. The Balaban J connectivity index is 2.32. The van der Waals surface area contributed by atoms with E-state index in [1.165, 1.54) is 0 Å². The molecule has 19 heavy (non-hydrogen) atoms. The molecule has 106 valence electrons. The lowest BCUT2D eigenvalue weighted by molar-refractivity contribution is -0.137. The number of aryl methyl sites for hydroxylation is 1. The van der Waals surface area contributed by atoms with Crippen molar-refractivity contribution in [2.75, 3.05) is 11.9 Å². The van der Waals surface area contributed by atoms with Crippen LogP contribution < -0.4 is 5.32 Å². The Morgan fingerprint density at radius 1 is 1.42 bits per heavy atom. The Morgan fingerprint density at radius 3 is 2.84 bits per heavy atom. The summed E-state index contributed by atoms with van der Waals surface area (Å²) < 4.78 is 0. The highest BCUT2D eigenvalue weighted by Crippen LogP contribution is 2.18. The number of anilines is 1. The van der Waals surface area contributed by atoms with E-state index in [4.69, 9.17) is 5.11 Å². The van der Waals surface area contributed by atoms with Gasteiger partial charge in [0.25, 0.3) is 0 Å². The van der Waals surface area contributed by atoms with Crippen LogP contribution in [0.3, 0.4) is 0 Å². The van der Waals surface area contributed by atoms with E-state index in [-0.39, 0.29) is 6.42 Å². The fourth-order valence-electron chi connectivity index (χ4n) is 2.25. The molecule has 0 spiro atoms. The number of carbonyl (C=O) groups is 1. The van der Waals surface area contributed by atoms with E-state index in [1.54, 1.807) is 6.20 Å². The highest BCUT2D eigenvalue weighted by atomic mass is 16.4. The van der Waals surface area contributed by atoms with Crippen LogP contribution in [0, 0.1) is 12.8 Å². The lowest BCUT2D eigenvalue weighted by Gasteiger charge is -2.16. The number of rotatable bonds is 9. The Hall–Kier alpha value is -1.58. The number of aliphatic carboxylic acids is 1. The van der Waals surface area contributed by atoms with E-state index in [2.05, 4.69) is 17.2 Å². The minimum atomic E-state index is -0.696. The predicted molar refractivity (Wildman–Crippen MR) is 77.3 cm³/mol. The first-order valence-electron chi connectivity index (χ1n) is 7.00. The van der Waals surface area contributed by atoms with Crippen LogP contribution in [-0.2, 0) is 4.79 Å². The summed E-state index contributed by atoms with van der Waals surface area (Å²) >= 11 is 0. The van der Waals surface area contributed by atoms with Gasteiger partial charge in [0.15, 0.2) is 0 Å². The fraction of sp³-hybridized carbons (Fsp3) is 0.600. The van der Waals surface area contributed by atoms with Crippen LogP contribution in [0.5, 0.6) is 0 Å². The molecule has 0 bridgehead atoms. The van der Waals surface area contributed by atoms with E-state index in [0.29, 0.717) is 5.92 Å². The third-order valence-electron chi connectivity index (χ3n) is 3.24. The van der Waals surface area contributed by atoms with Gasteiger partial charge in [0.05, 0.1) is 0 Å². The van der Waals surface area contributed by atoms with E-state index < -0.39 is 5.97 Å². The second-order valence-electron chi connectivity index (χ2n) is 4.99. The number of nitrogens with one attached hydrogen (secondary N) is 1. The molecule has 0 radical (unpaired) electrons. The number of aromatic nitrogens is 1. The number of pyridine rings is 1. The number of nitrogens with zero attached hydrogens (tertiary/aromatic N) is 1. The van der Waals surface area contributed by atoms with Gasteiger partial charge in [-0.2, -0.15) is 0 Å². The highest BCUT2D eigenvalue weighted by Gasteiger charge is 2.09. The molecule has 1 atom stereocenters. The maximum Gasteiger partial charge on any atom is 0.303 e. The van der Waals surface area contributed by atoms with Crippen LogP contribution in [-0.4, -0.2) is 22.6 Å². The molecule has 0 aromatic carbocycles. The summed E-state index contributed by atoms with van der Waals surface area (Å²) in [5, 5.41) is 12.1. The van der Waals surface area contributed by atoms with Crippen molar-refractivity contribution in [3.63, 3.8) is 0 Å². The first-order chi connectivity index (χ1) is 9.11. The van der Waals surface area contributed by atoms with Gasteiger partial charge in [-0.25, -0.2) is 0 Å². The van der Waals surface area contributed by atoms with Crippen molar-refractivity contribution < 1.29 is 9.90 Å².